The molecule has 0 saturated carbocycles. The summed E-state index contributed by atoms with van der Waals surface area (Å²) < 4.78 is 42.8. The van der Waals surface area contributed by atoms with Gasteiger partial charge in [0.05, 0.1) is 8.47 Å². The standard InChI is InChI=1S/C15H14FIO3S/c1-9-6-11(16)7-10(2)15(9)20-14-5-4-12(8-13(14)17)21(3,18)19/h4-8H,1-3H3. The molecular formula is C15H14FIO3S. The van der Waals surface area contributed by atoms with Crippen LogP contribution in [0.2, 0.25) is 0 Å². The Bertz CT molecular complexity index is 778. The molecule has 2 rings (SSSR count). The summed E-state index contributed by atoms with van der Waals surface area (Å²) >= 11 is 2.02. The molecule has 0 heterocycles. The van der Waals surface area contributed by atoms with Gasteiger partial charge < -0.3 is 4.74 Å². The van der Waals surface area contributed by atoms with E-state index in [0.717, 1.165) is 6.26 Å². The van der Waals surface area contributed by atoms with Crippen molar-refractivity contribution in [2.45, 2.75) is 18.7 Å². The molecule has 112 valence electrons. The van der Waals surface area contributed by atoms with E-state index in [1.807, 2.05) is 22.6 Å². The van der Waals surface area contributed by atoms with E-state index < -0.39 is 9.84 Å². The maximum atomic E-state index is 13.3. The Labute approximate surface area is 137 Å². The van der Waals surface area contributed by atoms with Gasteiger partial charge in [-0.2, -0.15) is 0 Å². The van der Waals surface area contributed by atoms with Crippen LogP contribution in [0.5, 0.6) is 11.5 Å². The molecular weight excluding hydrogens is 406 g/mol. The van der Waals surface area contributed by atoms with E-state index in [1.54, 1.807) is 26.0 Å². The number of benzene rings is 2. The second-order valence-electron chi connectivity index (χ2n) is 4.84. The average Bonchev–Trinajstić information content (AvgIpc) is 2.33. The first-order chi connectivity index (χ1) is 9.68. The molecule has 21 heavy (non-hydrogen) atoms. The highest BCUT2D eigenvalue weighted by Crippen LogP contribution is 2.33. The topological polar surface area (TPSA) is 43.4 Å². The van der Waals surface area contributed by atoms with Crippen molar-refractivity contribution in [1.29, 1.82) is 0 Å². The van der Waals surface area contributed by atoms with Crippen LogP contribution in [0.25, 0.3) is 0 Å². The minimum absolute atomic E-state index is 0.242. The fourth-order valence-electron chi connectivity index (χ4n) is 1.96. The molecule has 3 nitrogen and oxygen atoms in total. The first-order valence-electron chi connectivity index (χ1n) is 6.12. The van der Waals surface area contributed by atoms with Gasteiger partial charge in [-0.15, -0.1) is 0 Å². The molecule has 0 aromatic heterocycles. The third-order valence-corrected chi connectivity index (χ3v) is 4.92. The Hall–Kier alpha value is -1.15. The van der Waals surface area contributed by atoms with Gasteiger partial charge in [0, 0.05) is 6.26 Å². The smallest absolute Gasteiger partial charge is 0.175 e. The van der Waals surface area contributed by atoms with E-state index >= 15 is 0 Å². The molecule has 0 saturated heterocycles. The van der Waals surface area contributed by atoms with Gasteiger partial charge in [0.25, 0.3) is 0 Å². The number of aryl methyl sites for hydroxylation is 2. The Balaban J connectivity index is 2.42. The van der Waals surface area contributed by atoms with E-state index in [2.05, 4.69) is 0 Å². The van der Waals surface area contributed by atoms with Crippen molar-refractivity contribution in [3.05, 3.63) is 50.8 Å². The zero-order valence-electron chi connectivity index (χ0n) is 11.8. The monoisotopic (exact) mass is 420 g/mol. The normalized spacial score (nSPS) is 11.5. The van der Waals surface area contributed by atoms with Crippen molar-refractivity contribution in [3.63, 3.8) is 0 Å². The summed E-state index contributed by atoms with van der Waals surface area (Å²) in [6.45, 7) is 3.53. The number of hydrogen-bond donors (Lipinski definition) is 0. The SMILES string of the molecule is Cc1cc(F)cc(C)c1Oc1ccc(S(C)(=O)=O)cc1I. The largest absolute Gasteiger partial charge is 0.456 e. The molecule has 0 radical (unpaired) electrons. The molecule has 0 aliphatic heterocycles. The van der Waals surface area contributed by atoms with Gasteiger partial charge in [-0.05, 0) is 77.9 Å². The van der Waals surface area contributed by atoms with Crippen LogP contribution in [0.3, 0.4) is 0 Å². The fourth-order valence-corrected chi connectivity index (χ4v) is 3.45. The van der Waals surface area contributed by atoms with E-state index in [0.29, 0.717) is 26.2 Å². The van der Waals surface area contributed by atoms with Crippen LogP contribution in [0, 0.1) is 23.2 Å². The lowest BCUT2D eigenvalue weighted by Gasteiger charge is -2.13. The van der Waals surface area contributed by atoms with Gasteiger partial charge in [0.15, 0.2) is 9.84 Å². The lowest BCUT2D eigenvalue weighted by molar-refractivity contribution is 0.468. The number of hydrogen-bond acceptors (Lipinski definition) is 3. The van der Waals surface area contributed by atoms with Crippen LogP contribution >= 0.6 is 22.6 Å². The average molecular weight is 420 g/mol. The van der Waals surface area contributed by atoms with Crippen LogP contribution in [0.4, 0.5) is 4.39 Å². The summed E-state index contributed by atoms with van der Waals surface area (Å²) in [6.07, 6.45) is 1.16. The quantitative estimate of drug-likeness (QED) is 0.698. The molecule has 0 aliphatic rings. The number of sulfone groups is 1. The Morgan fingerprint density at radius 1 is 1.10 bits per heavy atom. The van der Waals surface area contributed by atoms with Crippen molar-refractivity contribution in [2.24, 2.45) is 0 Å². The predicted molar refractivity (Wildman–Crippen MR) is 88.2 cm³/mol. The molecule has 2 aromatic rings. The third kappa shape index (κ3) is 3.74. The molecule has 0 spiro atoms. The molecule has 0 bridgehead atoms. The summed E-state index contributed by atoms with van der Waals surface area (Å²) in [4.78, 5) is 0.242. The summed E-state index contributed by atoms with van der Waals surface area (Å²) in [7, 11) is -3.25. The van der Waals surface area contributed by atoms with Crippen molar-refractivity contribution in [2.75, 3.05) is 6.26 Å². The minimum atomic E-state index is -3.25. The second-order valence-corrected chi connectivity index (χ2v) is 8.01. The summed E-state index contributed by atoms with van der Waals surface area (Å²) in [6, 6.07) is 7.47. The van der Waals surface area contributed by atoms with Crippen molar-refractivity contribution >= 4 is 32.4 Å². The lowest BCUT2D eigenvalue weighted by Crippen LogP contribution is -1.99. The van der Waals surface area contributed by atoms with Crippen LogP contribution in [-0.2, 0) is 9.84 Å². The number of rotatable bonds is 3. The molecule has 0 aliphatic carbocycles. The van der Waals surface area contributed by atoms with E-state index in [4.69, 9.17) is 4.74 Å². The van der Waals surface area contributed by atoms with Crippen LogP contribution < -0.4 is 4.74 Å². The lowest BCUT2D eigenvalue weighted by atomic mass is 10.1. The van der Waals surface area contributed by atoms with Crippen molar-refractivity contribution in [3.8, 4) is 11.5 Å². The Morgan fingerprint density at radius 3 is 2.14 bits per heavy atom. The molecule has 0 unspecified atom stereocenters. The Kier molecular flexibility index (Phi) is 4.57. The molecule has 0 N–H and O–H groups in total. The first-order valence-corrected chi connectivity index (χ1v) is 9.09. The van der Waals surface area contributed by atoms with Crippen molar-refractivity contribution in [1.82, 2.24) is 0 Å². The van der Waals surface area contributed by atoms with Gasteiger partial charge in [0.1, 0.15) is 17.3 Å². The maximum Gasteiger partial charge on any atom is 0.175 e. The molecule has 2 aromatic carbocycles. The van der Waals surface area contributed by atoms with E-state index in [9.17, 15) is 12.8 Å². The molecule has 0 amide bonds. The Morgan fingerprint density at radius 2 is 1.67 bits per heavy atom. The van der Waals surface area contributed by atoms with Gasteiger partial charge >= 0.3 is 0 Å². The van der Waals surface area contributed by atoms with Gasteiger partial charge in [-0.1, -0.05) is 0 Å². The highest BCUT2D eigenvalue weighted by molar-refractivity contribution is 14.1. The van der Waals surface area contributed by atoms with Gasteiger partial charge in [-0.3, -0.25) is 0 Å². The molecule has 6 heteroatoms. The zero-order valence-corrected chi connectivity index (χ0v) is 14.7. The second kappa shape index (κ2) is 5.92. The van der Waals surface area contributed by atoms with Gasteiger partial charge in [0.2, 0.25) is 0 Å². The fraction of sp³-hybridized carbons (Fsp3) is 0.200. The van der Waals surface area contributed by atoms with E-state index in [1.165, 1.54) is 18.2 Å². The van der Waals surface area contributed by atoms with Crippen LogP contribution in [0.15, 0.2) is 35.2 Å². The third-order valence-electron chi connectivity index (χ3n) is 2.97. The zero-order chi connectivity index (χ0) is 15.8. The predicted octanol–water partition coefficient (Wildman–Crippen LogP) is 4.24. The molecule has 0 fully saturated rings. The number of halogens is 2. The van der Waals surface area contributed by atoms with Gasteiger partial charge in [-0.25, -0.2) is 12.8 Å². The van der Waals surface area contributed by atoms with Crippen LogP contribution in [0.1, 0.15) is 11.1 Å². The van der Waals surface area contributed by atoms with Crippen LogP contribution in [-0.4, -0.2) is 14.7 Å². The van der Waals surface area contributed by atoms with Crippen molar-refractivity contribution < 1.29 is 17.5 Å². The highest BCUT2D eigenvalue weighted by Gasteiger charge is 2.13. The highest BCUT2D eigenvalue weighted by atomic mass is 127. The van der Waals surface area contributed by atoms with E-state index in [-0.39, 0.29) is 10.7 Å². The summed E-state index contributed by atoms with van der Waals surface area (Å²) in [5, 5.41) is 0. The minimum Gasteiger partial charge on any atom is -0.456 e. The molecule has 0 atom stereocenters. The summed E-state index contributed by atoms with van der Waals surface area (Å²) in [5.41, 5.74) is 1.38. The first kappa shape index (κ1) is 16.2. The summed E-state index contributed by atoms with van der Waals surface area (Å²) in [5.74, 6) is 0.821. The number of ether oxygens (including phenoxy) is 1. The maximum absolute atomic E-state index is 13.3.